The van der Waals surface area contributed by atoms with Gasteiger partial charge >= 0.3 is 0 Å². The number of rotatable bonds is 6. The number of benzene rings is 1. The lowest BCUT2D eigenvalue weighted by Crippen LogP contribution is -2.50. The Kier molecular flexibility index (Phi) is 5.42. The first kappa shape index (κ1) is 16.8. The van der Waals surface area contributed by atoms with Crippen LogP contribution >= 0.6 is 0 Å². The van der Waals surface area contributed by atoms with Crippen molar-refractivity contribution in [2.45, 2.75) is 38.3 Å². The number of likely N-dealkylation sites (tertiary alicyclic amines) is 1. The summed E-state index contributed by atoms with van der Waals surface area (Å²) in [4.78, 5) is 14.5. The van der Waals surface area contributed by atoms with E-state index in [9.17, 15) is 4.79 Å². The normalized spacial score (nSPS) is 17.3. The molecule has 1 unspecified atom stereocenters. The summed E-state index contributed by atoms with van der Waals surface area (Å²) in [6.07, 6.45) is 2.42. The first-order chi connectivity index (χ1) is 10.4. The van der Waals surface area contributed by atoms with Crippen molar-refractivity contribution in [3.63, 3.8) is 0 Å². The molecule has 22 heavy (non-hydrogen) atoms. The average molecular weight is 305 g/mol. The summed E-state index contributed by atoms with van der Waals surface area (Å²) >= 11 is 0. The van der Waals surface area contributed by atoms with E-state index >= 15 is 0 Å². The van der Waals surface area contributed by atoms with Crippen LogP contribution in [0.3, 0.4) is 0 Å². The molecule has 122 valence electrons. The maximum Gasteiger partial charge on any atom is 0.239 e. The lowest BCUT2D eigenvalue weighted by Gasteiger charge is -2.29. The molecule has 0 radical (unpaired) electrons. The molecule has 1 aliphatic heterocycles. The molecule has 1 saturated heterocycles. The molecular weight excluding hydrogens is 278 g/mol. The molecule has 5 heteroatoms. The van der Waals surface area contributed by atoms with Gasteiger partial charge in [-0.15, -0.1) is 0 Å². The maximum absolute atomic E-state index is 12.0. The number of amides is 1. The van der Waals surface area contributed by atoms with Crippen LogP contribution in [0.1, 0.15) is 38.3 Å². The van der Waals surface area contributed by atoms with Gasteiger partial charge in [0.25, 0.3) is 0 Å². The Morgan fingerprint density at radius 3 is 2.41 bits per heavy atom. The van der Waals surface area contributed by atoms with Crippen molar-refractivity contribution in [2.75, 3.05) is 26.7 Å². The second kappa shape index (κ2) is 7.11. The number of nitrogens with one attached hydrogen (secondary N) is 1. The van der Waals surface area contributed by atoms with E-state index in [-0.39, 0.29) is 11.9 Å². The molecule has 1 heterocycles. The summed E-state index contributed by atoms with van der Waals surface area (Å²) < 4.78 is 5.22. The van der Waals surface area contributed by atoms with Gasteiger partial charge in [0.15, 0.2) is 0 Å². The molecule has 1 aliphatic rings. The van der Waals surface area contributed by atoms with Gasteiger partial charge in [-0.2, -0.15) is 0 Å². The highest BCUT2D eigenvalue weighted by atomic mass is 16.5. The second-order valence-electron chi connectivity index (χ2n) is 6.46. The molecule has 1 amide bonds. The van der Waals surface area contributed by atoms with E-state index in [2.05, 4.69) is 22.3 Å². The third-order valence-corrected chi connectivity index (χ3v) is 4.12. The number of methoxy groups -OCH3 is 1. The third-order valence-electron chi connectivity index (χ3n) is 4.12. The number of carbonyl (C=O) groups excluding carboxylic acids is 1. The van der Waals surface area contributed by atoms with Crippen LogP contribution in [-0.2, 0) is 4.79 Å². The van der Waals surface area contributed by atoms with Gasteiger partial charge in [0.2, 0.25) is 5.91 Å². The van der Waals surface area contributed by atoms with Gasteiger partial charge in [0.05, 0.1) is 18.7 Å². The van der Waals surface area contributed by atoms with Gasteiger partial charge in [0, 0.05) is 6.54 Å². The van der Waals surface area contributed by atoms with E-state index in [0.717, 1.165) is 18.8 Å². The topological polar surface area (TPSA) is 67.6 Å². The van der Waals surface area contributed by atoms with Crippen molar-refractivity contribution >= 4 is 5.91 Å². The molecule has 0 aliphatic carbocycles. The van der Waals surface area contributed by atoms with E-state index in [1.54, 1.807) is 21.0 Å². The fraction of sp³-hybridized carbons (Fsp3) is 0.588. The van der Waals surface area contributed by atoms with Gasteiger partial charge in [-0.1, -0.05) is 12.1 Å². The van der Waals surface area contributed by atoms with Crippen molar-refractivity contribution in [2.24, 2.45) is 5.73 Å². The van der Waals surface area contributed by atoms with Crippen LogP contribution in [0.25, 0.3) is 0 Å². The zero-order valence-electron chi connectivity index (χ0n) is 13.8. The van der Waals surface area contributed by atoms with Crippen LogP contribution in [0, 0.1) is 0 Å². The quantitative estimate of drug-likeness (QED) is 0.839. The number of carbonyl (C=O) groups is 1. The van der Waals surface area contributed by atoms with Crippen LogP contribution in [0.4, 0.5) is 0 Å². The molecule has 1 aromatic carbocycles. The van der Waals surface area contributed by atoms with Crippen molar-refractivity contribution in [3.05, 3.63) is 29.8 Å². The van der Waals surface area contributed by atoms with E-state index in [4.69, 9.17) is 10.5 Å². The van der Waals surface area contributed by atoms with Crippen molar-refractivity contribution in [1.29, 1.82) is 0 Å². The highest BCUT2D eigenvalue weighted by molar-refractivity contribution is 5.85. The predicted molar refractivity (Wildman–Crippen MR) is 87.8 cm³/mol. The van der Waals surface area contributed by atoms with E-state index < -0.39 is 5.54 Å². The Morgan fingerprint density at radius 2 is 1.91 bits per heavy atom. The number of nitrogens with two attached hydrogens (primary N) is 1. The summed E-state index contributed by atoms with van der Waals surface area (Å²) in [5, 5.41) is 2.99. The van der Waals surface area contributed by atoms with Crippen LogP contribution in [-0.4, -0.2) is 43.1 Å². The van der Waals surface area contributed by atoms with Crippen molar-refractivity contribution < 1.29 is 9.53 Å². The first-order valence-corrected chi connectivity index (χ1v) is 7.87. The fourth-order valence-corrected chi connectivity index (χ4v) is 2.75. The molecule has 1 aromatic rings. The molecule has 1 atom stereocenters. The van der Waals surface area contributed by atoms with Gasteiger partial charge < -0.3 is 15.8 Å². The molecular formula is C17H27N3O2. The largest absolute Gasteiger partial charge is 0.497 e. The standard InChI is InChI=1S/C17H27N3O2/c1-17(2,18)16(21)19-12-15(20-10-4-5-11-20)13-6-8-14(22-3)9-7-13/h6-9,15H,4-5,10-12,18H2,1-3H3,(H,19,21). The molecule has 2 rings (SSSR count). The molecule has 1 fully saturated rings. The summed E-state index contributed by atoms with van der Waals surface area (Å²) in [5.41, 5.74) is 6.19. The minimum absolute atomic E-state index is 0.120. The minimum Gasteiger partial charge on any atom is -0.497 e. The molecule has 0 saturated carbocycles. The van der Waals surface area contributed by atoms with E-state index in [0.29, 0.717) is 6.54 Å². The van der Waals surface area contributed by atoms with Crippen LogP contribution in [0.5, 0.6) is 5.75 Å². The Morgan fingerprint density at radius 1 is 1.32 bits per heavy atom. The van der Waals surface area contributed by atoms with Crippen LogP contribution in [0.2, 0.25) is 0 Å². The SMILES string of the molecule is COc1ccc(C(CNC(=O)C(C)(C)N)N2CCCC2)cc1. The first-order valence-electron chi connectivity index (χ1n) is 7.87. The lowest BCUT2D eigenvalue weighted by atomic mass is 10.0. The van der Waals surface area contributed by atoms with E-state index in [1.165, 1.54) is 18.4 Å². The van der Waals surface area contributed by atoms with Gasteiger partial charge in [-0.05, 0) is 57.5 Å². The molecule has 5 nitrogen and oxygen atoms in total. The Balaban J connectivity index is 2.10. The molecule has 3 N–H and O–H groups in total. The smallest absolute Gasteiger partial charge is 0.239 e. The lowest BCUT2D eigenvalue weighted by molar-refractivity contribution is -0.125. The molecule has 0 spiro atoms. The fourth-order valence-electron chi connectivity index (χ4n) is 2.75. The zero-order chi connectivity index (χ0) is 16.2. The monoisotopic (exact) mass is 305 g/mol. The summed E-state index contributed by atoms with van der Waals surface area (Å²) in [7, 11) is 1.66. The number of nitrogens with zero attached hydrogens (tertiary/aromatic N) is 1. The summed E-state index contributed by atoms with van der Waals surface area (Å²) in [6.45, 7) is 6.16. The minimum atomic E-state index is -0.852. The van der Waals surface area contributed by atoms with Crippen LogP contribution in [0.15, 0.2) is 24.3 Å². The Hall–Kier alpha value is -1.59. The van der Waals surface area contributed by atoms with Gasteiger partial charge in [-0.25, -0.2) is 0 Å². The highest BCUT2D eigenvalue weighted by Gasteiger charge is 2.27. The van der Waals surface area contributed by atoms with E-state index in [1.807, 2.05) is 12.1 Å². The van der Waals surface area contributed by atoms with Gasteiger partial charge in [-0.3, -0.25) is 9.69 Å². The van der Waals surface area contributed by atoms with Gasteiger partial charge in [0.1, 0.15) is 5.75 Å². The molecule has 0 bridgehead atoms. The summed E-state index contributed by atoms with van der Waals surface area (Å²) in [5.74, 6) is 0.723. The second-order valence-corrected chi connectivity index (χ2v) is 6.46. The number of hydrogen-bond donors (Lipinski definition) is 2. The van der Waals surface area contributed by atoms with Crippen molar-refractivity contribution in [3.8, 4) is 5.75 Å². The number of ether oxygens (including phenoxy) is 1. The van der Waals surface area contributed by atoms with Crippen LogP contribution < -0.4 is 15.8 Å². The zero-order valence-corrected chi connectivity index (χ0v) is 13.8. The predicted octanol–water partition coefficient (Wildman–Crippen LogP) is 1.69. The Bertz CT molecular complexity index is 488. The highest BCUT2D eigenvalue weighted by Crippen LogP contribution is 2.26. The summed E-state index contributed by atoms with van der Waals surface area (Å²) in [6, 6.07) is 8.25. The number of hydrogen-bond acceptors (Lipinski definition) is 4. The average Bonchev–Trinajstić information content (AvgIpc) is 3.01. The maximum atomic E-state index is 12.0. The third kappa shape index (κ3) is 4.21. The Labute approximate surface area is 132 Å². The van der Waals surface area contributed by atoms with Crippen molar-refractivity contribution in [1.82, 2.24) is 10.2 Å². The molecule has 0 aromatic heterocycles.